The summed E-state index contributed by atoms with van der Waals surface area (Å²) >= 11 is 0. The normalized spacial score (nSPS) is 31.0. The lowest BCUT2D eigenvalue weighted by Gasteiger charge is -2.35. The number of fused-ring (bicyclic) bond motifs is 5. The molecule has 0 radical (unpaired) electrons. The summed E-state index contributed by atoms with van der Waals surface area (Å²) in [5, 5.41) is 3.34. The SMILES string of the molecule is COc1ccc2nc3c(cc2c1)O[C@H]1CN(C(=O)[C@H](C(C)(C)C)NC(=O)O[C@]2(C)C[C@H]2CCCCC3(F)F)[C@H](C(C)=O)[C@@H]1C. The number of halogens is 2. The lowest BCUT2D eigenvalue weighted by molar-refractivity contribution is -0.141. The van der Waals surface area contributed by atoms with E-state index in [2.05, 4.69) is 10.3 Å². The highest BCUT2D eigenvalue weighted by Crippen LogP contribution is 2.50. The first-order valence-corrected chi connectivity index (χ1v) is 15.4. The Bertz CT molecular complexity index is 1460. The van der Waals surface area contributed by atoms with E-state index in [4.69, 9.17) is 14.2 Å². The molecule has 11 heteroatoms. The number of hydrogen-bond acceptors (Lipinski definition) is 7. The van der Waals surface area contributed by atoms with Crippen molar-refractivity contribution in [2.24, 2.45) is 17.3 Å². The van der Waals surface area contributed by atoms with E-state index in [1.165, 1.54) is 25.0 Å². The van der Waals surface area contributed by atoms with Crippen LogP contribution in [-0.4, -0.2) is 65.1 Å². The minimum absolute atomic E-state index is 0.0332. The predicted molar refractivity (Wildman–Crippen MR) is 160 cm³/mol. The Labute approximate surface area is 257 Å². The molecule has 1 aromatic heterocycles. The van der Waals surface area contributed by atoms with E-state index in [0.717, 1.165) is 0 Å². The number of rotatable bonds is 2. The van der Waals surface area contributed by atoms with Gasteiger partial charge in [0.05, 0.1) is 25.2 Å². The van der Waals surface area contributed by atoms with E-state index in [0.29, 0.717) is 35.9 Å². The van der Waals surface area contributed by atoms with Crippen LogP contribution in [0, 0.1) is 17.3 Å². The van der Waals surface area contributed by atoms with Crippen LogP contribution in [0.5, 0.6) is 11.5 Å². The molecule has 5 rings (SSSR count). The molecule has 9 nitrogen and oxygen atoms in total. The Morgan fingerprint density at radius 3 is 2.57 bits per heavy atom. The van der Waals surface area contributed by atoms with Crippen LogP contribution in [0.4, 0.5) is 13.6 Å². The van der Waals surface area contributed by atoms with E-state index < -0.39 is 65.2 Å². The smallest absolute Gasteiger partial charge is 0.408 e. The number of nitrogens with zero attached hydrogens (tertiary/aromatic N) is 2. The fraction of sp³-hybridized carbons (Fsp3) is 0.636. The molecular weight excluding hydrogens is 572 g/mol. The summed E-state index contributed by atoms with van der Waals surface area (Å²) in [7, 11) is 1.52. The number of amides is 2. The Hall–Kier alpha value is -3.50. The lowest BCUT2D eigenvalue weighted by Crippen LogP contribution is -2.57. The fourth-order valence-electron chi connectivity index (χ4n) is 6.69. The van der Waals surface area contributed by atoms with Crippen molar-refractivity contribution in [2.45, 2.75) is 103 Å². The number of alkyl carbamates (subject to hydrolysis) is 1. The summed E-state index contributed by atoms with van der Waals surface area (Å²) in [6.07, 6.45) is 0.0904. The predicted octanol–water partition coefficient (Wildman–Crippen LogP) is 6.01. The zero-order valence-electron chi connectivity index (χ0n) is 26.5. The van der Waals surface area contributed by atoms with Gasteiger partial charge in [-0.1, -0.05) is 34.1 Å². The summed E-state index contributed by atoms with van der Waals surface area (Å²) in [4.78, 5) is 45.9. The Morgan fingerprint density at radius 2 is 1.91 bits per heavy atom. The number of benzene rings is 1. The zero-order chi connectivity index (χ0) is 32.2. The van der Waals surface area contributed by atoms with Gasteiger partial charge in [0, 0.05) is 23.6 Å². The van der Waals surface area contributed by atoms with Crippen LogP contribution >= 0.6 is 0 Å². The third-order valence-electron chi connectivity index (χ3n) is 9.46. The van der Waals surface area contributed by atoms with Crippen LogP contribution in [0.2, 0.25) is 0 Å². The monoisotopic (exact) mass is 615 g/mol. The third kappa shape index (κ3) is 6.19. The molecule has 44 heavy (non-hydrogen) atoms. The van der Waals surface area contributed by atoms with Crippen LogP contribution in [0.1, 0.15) is 79.3 Å². The number of pyridine rings is 1. The molecular formula is C33H43F2N3O6. The van der Waals surface area contributed by atoms with E-state index in [9.17, 15) is 14.4 Å². The molecule has 3 heterocycles. The molecule has 1 N–H and O–H groups in total. The molecule has 1 saturated heterocycles. The van der Waals surface area contributed by atoms with Crippen LogP contribution in [-0.2, 0) is 20.2 Å². The summed E-state index contributed by atoms with van der Waals surface area (Å²) in [5.74, 6) is -4.06. The van der Waals surface area contributed by atoms with Crippen LogP contribution in [0.3, 0.4) is 0 Å². The minimum atomic E-state index is -3.30. The lowest BCUT2D eigenvalue weighted by atomic mass is 9.85. The Morgan fingerprint density at radius 1 is 1.18 bits per heavy atom. The van der Waals surface area contributed by atoms with Crippen molar-refractivity contribution in [1.82, 2.24) is 15.2 Å². The summed E-state index contributed by atoms with van der Waals surface area (Å²) in [6.45, 7) is 10.4. The van der Waals surface area contributed by atoms with Gasteiger partial charge in [-0.25, -0.2) is 9.78 Å². The highest BCUT2D eigenvalue weighted by Gasteiger charge is 2.54. The van der Waals surface area contributed by atoms with Crippen LogP contribution < -0.4 is 14.8 Å². The van der Waals surface area contributed by atoms with Crippen LogP contribution in [0.25, 0.3) is 10.9 Å². The van der Waals surface area contributed by atoms with Crippen molar-refractivity contribution >= 4 is 28.7 Å². The molecule has 3 aliphatic rings. The Kier molecular flexibility index (Phi) is 8.31. The molecule has 2 fully saturated rings. The van der Waals surface area contributed by atoms with Gasteiger partial charge in [0.15, 0.2) is 11.5 Å². The second-order valence-corrected chi connectivity index (χ2v) is 14.0. The molecule has 240 valence electrons. The molecule has 2 amide bonds. The molecule has 2 bridgehead atoms. The first-order chi connectivity index (χ1) is 20.5. The molecule has 6 atom stereocenters. The third-order valence-corrected chi connectivity index (χ3v) is 9.46. The first-order valence-electron chi connectivity index (χ1n) is 15.4. The average molecular weight is 616 g/mol. The topological polar surface area (TPSA) is 107 Å². The number of aromatic nitrogens is 1. The van der Waals surface area contributed by atoms with Gasteiger partial charge in [0.25, 0.3) is 5.92 Å². The molecule has 1 saturated carbocycles. The number of carbonyl (C=O) groups is 3. The van der Waals surface area contributed by atoms with E-state index in [-0.39, 0.29) is 30.4 Å². The molecule has 0 spiro atoms. The van der Waals surface area contributed by atoms with Gasteiger partial charge in [-0.2, -0.15) is 8.78 Å². The van der Waals surface area contributed by atoms with E-state index >= 15 is 8.78 Å². The van der Waals surface area contributed by atoms with Gasteiger partial charge in [0.1, 0.15) is 29.2 Å². The average Bonchev–Trinajstić information content (AvgIpc) is 3.45. The number of alkyl halides is 2. The van der Waals surface area contributed by atoms with Crippen molar-refractivity contribution in [1.29, 1.82) is 0 Å². The minimum Gasteiger partial charge on any atom is -0.497 e. The number of nitrogens with one attached hydrogen (secondary N) is 1. The van der Waals surface area contributed by atoms with Crippen molar-refractivity contribution in [3.8, 4) is 11.5 Å². The molecule has 2 aliphatic heterocycles. The van der Waals surface area contributed by atoms with Gasteiger partial charge >= 0.3 is 6.09 Å². The van der Waals surface area contributed by atoms with Gasteiger partial charge < -0.3 is 24.4 Å². The highest BCUT2D eigenvalue weighted by atomic mass is 19.3. The van der Waals surface area contributed by atoms with E-state index in [1.54, 1.807) is 25.1 Å². The second-order valence-electron chi connectivity index (χ2n) is 14.0. The zero-order valence-corrected chi connectivity index (χ0v) is 26.5. The molecule has 2 aromatic rings. The number of carbonyl (C=O) groups excluding carboxylic acids is 3. The quantitative estimate of drug-likeness (QED) is 0.441. The maximum Gasteiger partial charge on any atom is 0.408 e. The first kappa shape index (κ1) is 31.9. The van der Waals surface area contributed by atoms with Gasteiger partial charge in [0.2, 0.25) is 5.91 Å². The van der Waals surface area contributed by atoms with E-state index in [1.807, 2.05) is 27.7 Å². The van der Waals surface area contributed by atoms with Gasteiger partial charge in [-0.05, 0) is 62.8 Å². The van der Waals surface area contributed by atoms with Gasteiger partial charge in [-0.15, -0.1) is 0 Å². The Balaban J connectivity index is 1.58. The number of ketones is 1. The standard InChI is InChI=1S/C33H43F2N3O6/c1-18-25-17-38(26(18)19(2)39)29(40)28(31(3,4)5)37-30(41)44-32(6)16-21(32)10-8-9-13-33(34,35)27-24(43-25)15-20-14-22(42-7)11-12-23(20)36-27/h11-12,14-15,18,21,25-26,28H,8-10,13,16-17H2,1-7H3,(H,37,41)/t18-,21-,25+,26+,28-,32-/m1/s1. The molecule has 1 aromatic carbocycles. The maximum atomic E-state index is 16.0. The highest BCUT2D eigenvalue weighted by molar-refractivity contribution is 5.92. The number of ether oxygens (including phenoxy) is 3. The van der Waals surface area contributed by atoms with Crippen molar-refractivity contribution in [2.75, 3.05) is 13.7 Å². The van der Waals surface area contributed by atoms with Crippen molar-refractivity contribution in [3.63, 3.8) is 0 Å². The second kappa shape index (κ2) is 11.5. The number of hydrogen-bond donors (Lipinski definition) is 1. The summed E-state index contributed by atoms with van der Waals surface area (Å²) in [5.41, 5.74) is -1.53. The van der Waals surface area contributed by atoms with Crippen molar-refractivity contribution < 1.29 is 37.4 Å². The van der Waals surface area contributed by atoms with Gasteiger partial charge in [-0.3, -0.25) is 9.59 Å². The summed E-state index contributed by atoms with van der Waals surface area (Å²) in [6, 6.07) is 4.67. The maximum absolute atomic E-state index is 16.0. The number of methoxy groups -OCH3 is 1. The largest absolute Gasteiger partial charge is 0.497 e. The molecule has 0 unspecified atom stereocenters. The molecule has 1 aliphatic carbocycles. The fourth-order valence-corrected chi connectivity index (χ4v) is 6.69. The summed E-state index contributed by atoms with van der Waals surface area (Å²) < 4.78 is 49.4. The van der Waals surface area contributed by atoms with Crippen LogP contribution in [0.15, 0.2) is 24.3 Å². The number of Topliss-reactive ketones (excluding diaryl/α,β-unsaturated/α-hetero) is 1. The van der Waals surface area contributed by atoms with Crippen molar-refractivity contribution in [3.05, 3.63) is 30.0 Å².